The molecule has 0 aliphatic carbocycles. The zero-order valence-electron chi connectivity index (χ0n) is 20.5. The molecule has 0 saturated heterocycles. The highest BCUT2D eigenvalue weighted by Crippen LogP contribution is 2.28. The van der Waals surface area contributed by atoms with Crippen molar-refractivity contribution in [1.82, 2.24) is 20.2 Å². The molecule has 0 saturated carbocycles. The minimum Gasteiger partial charge on any atom is -0.494 e. The Balaban J connectivity index is 1.36. The van der Waals surface area contributed by atoms with E-state index in [1.54, 1.807) is 6.21 Å². The summed E-state index contributed by atoms with van der Waals surface area (Å²) >= 11 is 7.37. The van der Waals surface area contributed by atoms with E-state index in [1.807, 2.05) is 83.4 Å². The number of nitrogens with one attached hydrogen (secondary N) is 1. The van der Waals surface area contributed by atoms with Crippen molar-refractivity contribution < 1.29 is 9.53 Å². The second-order valence-electron chi connectivity index (χ2n) is 8.19. The fourth-order valence-electron chi connectivity index (χ4n) is 3.49. The van der Waals surface area contributed by atoms with Gasteiger partial charge in [-0.1, -0.05) is 73.5 Å². The van der Waals surface area contributed by atoms with Crippen molar-refractivity contribution in [2.45, 2.75) is 31.3 Å². The monoisotopic (exact) mass is 533 g/mol. The van der Waals surface area contributed by atoms with Crippen molar-refractivity contribution in [2.75, 3.05) is 12.4 Å². The molecule has 1 N–H and O–H groups in total. The van der Waals surface area contributed by atoms with Crippen molar-refractivity contribution in [2.24, 2.45) is 5.10 Å². The van der Waals surface area contributed by atoms with Gasteiger partial charge in [0.2, 0.25) is 0 Å². The fraction of sp³-hybridized carbons (Fsp3) is 0.214. The quantitative estimate of drug-likeness (QED) is 0.0986. The molecule has 1 aromatic heterocycles. The molecular weight excluding hydrogens is 506 g/mol. The van der Waals surface area contributed by atoms with Crippen LogP contribution < -0.4 is 10.2 Å². The van der Waals surface area contributed by atoms with Gasteiger partial charge in [-0.25, -0.2) is 5.43 Å². The first kappa shape index (κ1) is 26.4. The summed E-state index contributed by atoms with van der Waals surface area (Å²) in [5, 5.41) is 14.0. The summed E-state index contributed by atoms with van der Waals surface area (Å²) in [7, 11) is 0. The Kier molecular flexibility index (Phi) is 9.74. The van der Waals surface area contributed by atoms with Crippen LogP contribution in [0.4, 0.5) is 0 Å². The van der Waals surface area contributed by atoms with Crippen molar-refractivity contribution in [3.63, 3.8) is 0 Å². The highest BCUT2D eigenvalue weighted by molar-refractivity contribution is 7.99. The summed E-state index contributed by atoms with van der Waals surface area (Å²) in [6, 6.07) is 24.8. The molecule has 0 fully saturated rings. The number of carbonyl (C=O) groups excluding carboxylic acids is 1. The molecule has 0 radical (unpaired) electrons. The maximum absolute atomic E-state index is 12.5. The van der Waals surface area contributed by atoms with Crippen LogP contribution in [0.2, 0.25) is 5.02 Å². The minimum atomic E-state index is -0.246. The molecule has 9 heteroatoms. The Morgan fingerprint density at radius 1 is 1.03 bits per heavy atom. The third-order valence-corrected chi connectivity index (χ3v) is 6.56. The zero-order chi connectivity index (χ0) is 25.9. The molecule has 1 heterocycles. The Hall–Kier alpha value is -3.62. The molecule has 0 aliphatic rings. The van der Waals surface area contributed by atoms with Crippen molar-refractivity contribution in [3.8, 4) is 22.8 Å². The van der Waals surface area contributed by atoms with Crippen LogP contribution in [-0.2, 0) is 4.79 Å². The predicted octanol–water partition coefficient (Wildman–Crippen LogP) is 6.40. The lowest BCUT2D eigenvalue weighted by molar-refractivity contribution is -0.118. The smallest absolute Gasteiger partial charge is 0.250 e. The van der Waals surface area contributed by atoms with Gasteiger partial charge in [-0.3, -0.25) is 9.36 Å². The average Bonchev–Trinajstić information content (AvgIpc) is 3.36. The number of unbranched alkanes of at least 4 members (excludes halogenated alkanes) is 2. The SMILES string of the molecule is CCCCCOc1ccc(C=NNC(=O)CSc2nnc(-c3ccccc3)n2-c2ccc(Cl)cc2)cc1. The van der Waals surface area contributed by atoms with E-state index >= 15 is 0 Å². The van der Waals surface area contributed by atoms with Crippen LogP contribution in [0.25, 0.3) is 17.1 Å². The molecule has 7 nitrogen and oxygen atoms in total. The van der Waals surface area contributed by atoms with E-state index in [0.29, 0.717) is 22.6 Å². The lowest BCUT2D eigenvalue weighted by Crippen LogP contribution is -2.20. The number of carbonyl (C=O) groups is 1. The molecular formula is C28H28ClN5O2S. The van der Waals surface area contributed by atoms with Crippen LogP contribution in [0.3, 0.4) is 0 Å². The minimum absolute atomic E-state index is 0.127. The number of amides is 1. The topological polar surface area (TPSA) is 81.4 Å². The predicted molar refractivity (Wildman–Crippen MR) is 150 cm³/mol. The van der Waals surface area contributed by atoms with Crippen LogP contribution in [0, 0.1) is 0 Å². The lowest BCUT2D eigenvalue weighted by atomic mass is 10.2. The van der Waals surface area contributed by atoms with Gasteiger partial charge in [0.15, 0.2) is 11.0 Å². The molecule has 0 unspecified atom stereocenters. The van der Waals surface area contributed by atoms with E-state index in [1.165, 1.54) is 18.2 Å². The first-order chi connectivity index (χ1) is 18.1. The highest BCUT2D eigenvalue weighted by atomic mass is 35.5. The zero-order valence-corrected chi connectivity index (χ0v) is 22.1. The Morgan fingerprint density at radius 3 is 2.51 bits per heavy atom. The van der Waals surface area contributed by atoms with E-state index < -0.39 is 0 Å². The van der Waals surface area contributed by atoms with Gasteiger partial charge in [-0.2, -0.15) is 5.10 Å². The number of halogens is 1. The summed E-state index contributed by atoms with van der Waals surface area (Å²) in [4.78, 5) is 12.5. The summed E-state index contributed by atoms with van der Waals surface area (Å²) in [6.07, 6.45) is 4.98. The fourth-order valence-corrected chi connectivity index (χ4v) is 4.36. The summed E-state index contributed by atoms with van der Waals surface area (Å²) in [6.45, 7) is 2.88. The molecule has 4 aromatic rings. The number of hydrogen-bond donors (Lipinski definition) is 1. The van der Waals surface area contributed by atoms with Crippen LogP contribution in [0.5, 0.6) is 5.75 Å². The van der Waals surface area contributed by atoms with Gasteiger partial charge in [-0.05, 0) is 60.5 Å². The average molecular weight is 534 g/mol. The van der Waals surface area contributed by atoms with Crippen LogP contribution in [0.15, 0.2) is 89.1 Å². The van der Waals surface area contributed by atoms with E-state index in [0.717, 1.165) is 35.4 Å². The van der Waals surface area contributed by atoms with Gasteiger partial charge in [0, 0.05) is 16.3 Å². The molecule has 0 bridgehead atoms. The number of hydrazone groups is 1. The van der Waals surface area contributed by atoms with E-state index in [-0.39, 0.29) is 11.7 Å². The number of benzene rings is 3. The van der Waals surface area contributed by atoms with Crippen LogP contribution >= 0.6 is 23.4 Å². The van der Waals surface area contributed by atoms with Gasteiger partial charge in [0.1, 0.15) is 5.75 Å². The maximum atomic E-state index is 12.5. The number of aromatic nitrogens is 3. The third-order valence-electron chi connectivity index (χ3n) is 5.38. The van der Waals surface area contributed by atoms with Gasteiger partial charge >= 0.3 is 0 Å². The summed E-state index contributed by atoms with van der Waals surface area (Å²) in [5.74, 6) is 1.39. The molecule has 37 heavy (non-hydrogen) atoms. The second kappa shape index (κ2) is 13.6. The number of nitrogens with zero attached hydrogens (tertiary/aromatic N) is 4. The maximum Gasteiger partial charge on any atom is 0.250 e. The van der Waals surface area contributed by atoms with Crippen molar-refractivity contribution in [3.05, 3.63) is 89.4 Å². The number of thioether (sulfide) groups is 1. The van der Waals surface area contributed by atoms with Crippen LogP contribution in [0.1, 0.15) is 31.7 Å². The standard InChI is InChI=1S/C28H28ClN5O2S/c1-2-3-7-18-36-25-16-10-21(11-17-25)19-30-31-26(35)20-37-28-33-32-27(22-8-5-4-6-9-22)34(28)24-14-12-23(29)13-15-24/h4-6,8-17,19H,2-3,7,18,20H2,1H3,(H,31,35). The molecule has 3 aromatic carbocycles. The number of rotatable bonds is 12. The van der Waals surface area contributed by atoms with Crippen molar-refractivity contribution in [1.29, 1.82) is 0 Å². The highest BCUT2D eigenvalue weighted by Gasteiger charge is 2.17. The van der Waals surface area contributed by atoms with Gasteiger partial charge in [-0.15, -0.1) is 10.2 Å². The first-order valence-corrected chi connectivity index (χ1v) is 13.4. The number of hydrogen-bond acceptors (Lipinski definition) is 6. The van der Waals surface area contributed by atoms with Gasteiger partial charge in [0.05, 0.1) is 18.6 Å². The lowest BCUT2D eigenvalue weighted by Gasteiger charge is -2.10. The summed E-state index contributed by atoms with van der Waals surface area (Å²) < 4.78 is 7.64. The molecule has 190 valence electrons. The van der Waals surface area contributed by atoms with Gasteiger partial charge < -0.3 is 4.74 Å². The molecule has 0 atom stereocenters. The van der Waals surface area contributed by atoms with E-state index in [9.17, 15) is 4.79 Å². The van der Waals surface area contributed by atoms with Crippen LogP contribution in [-0.4, -0.2) is 39.2 Å². The summed E-state index contributed by atoms with van der Waals surface area (Å²) in [5.41, 5.74) is 5.21. The van der Waals surface area contributed by atoms with Gasteiger partial charge in [0.25, 0.3) is 5.91 Å². The number of ether oxygens (including phenoxy) is 1. The Bertz CT molecular complexity index is 1310. The van der Waals surface area contributed by atoms with Crippen molar-refractivity contribution >= 4 is 35.5 Å². The second-order valence-corrected chi connectivity index (χ2v) is 9.57. The normalized spacial score (nSPS) is 11.1. The third kappa shape index (κ3) is 7.68. The van der Waals surface area contributed by atoms with E-state index in [2.05, 4.69) is 27.6 Å². The molecule has 1 amide bonds. The largest absolute Gasteiger partial charge is 0.494 e. The molecule has 4 rings (SSSR count). The Labute approximate surface area is 225 Å². The first-order valence-electron chi connectivity index (χ1n) is 12.1. The molecule has 0 aliphatic heterocycles. The van der Waals surface area contributed by atoms with E-state index in [4.69, 9.17) is 16.3 Å². The Morgan fingerprint density at radius 2 is 1.78 bits per heavy atom. The molecule has 0 spiro atoms.